The van der Waals surface area contributed by atoms with Gasteiger partial charge < -0.3 is 20.3 Å². The third-order valence-corrected chi connectivity index (χ3v) is 5.94. The number of nitro groups is 1. The first-order chi connectivity index (χ1) is 14.5. The molecule has 164 valence electrons. The Labute approximate surface area is 176 Å². The van der Waals surface area contributed by atoms with Crippen molar-refractivity contribution in [1.82, 2.24) is 10.2 Å². The van der Waals surface area contributed by atoms with Crippen LogP contribution in [-0.2, 0) is 14.3 Å². The number of nitrogens with one attached hydrogen (secondary N) is 2. The molecular weight excluding hydrogens is 388 g/mol. The number of nitro benzene ring substituents is 1. The molecule has 0 aromatic heterocycles. The van der Waals surface area contributed by atoms with Crippen LogP contribution in [0.4, 0.5) is 11.4 Å². The van der Waals surface area contributed by atoms with Crippen molar-refractivity contribution in [3.63, 3.8) is 0 Å². The van der Waals surface area contributed by atoms with Gasteiger partial charge in [-0.05, 0) is 30.4 Å². The molecule has 2 aliphatic rings. The largest absolute Gasteiger partial charge is 0.383 e. The highest BCUT2D eigenvalue weighted by molar-refractivity contribution is 5.80. The number of ether oxygens (including phenoxy) is 1. The zero-order chi connectivity index (χ0) is 21.4. The quantitative estimate of drug-likeness (QED) is 0.361. The van der Waals surface area contributed by atoms with Crippen LogP contribution in [0.3, 0.4) is 0 Å². The molecule has 3 rings (SSSR count). The lowest BCUT2D eigenvalue weighted by molar-refractivity contribution is -0.384. The Hall–Kier alpha value is -2.68. The molecule has 0 atom stereocenters. The summed E-state index contributed by atoms with van der Waals surface area (Å²) >= 11 is 0. The van der Waals surface area contributed by atoms with Gasteiger partial charge in [-0.1, -0.05) is 12.8 Å². The molecule has 30 heavy (non-hydrogen) atoms. The Morgan fingerprint density at radius 3 is 2.37 bits per heavy atom. The molecule has 2 fully saturated rings. The lowest BCUT2D eigenvalue weighted by Crippen LogP contribution is -2.43. The predicted octanol–water partition coefficient (Wildman–Crippen LogP) is 2.32. The lowest BCUT2D eigenvalue weighted by atomic mass is 9.78. The Morgan fingerprint density at radius 1 is 1.07 bits per heavy atom. The van der Waals surface area contributed by atoms with E-state index in [0.29, 0.717) is 52.2 Å². The van der Waals surface area contributed by atoms with Crippen LogP contribution in [0.2, 0.25) is 0 Å². The van der Waals surface area contributed by atoms with E-state index in [1.54, 1.807) is 12.1 Å². The van der Waals surface area contributed by atoms with Crippen LogP contribution >= 0.6 is 0 Å². The highest BCUT2D eigenvalue weighted by Crippen LogP contribution is 2.44. The molecule has 0 radical (unpaired) electrons. The van der Waals surface area contributed by atoms with Gasteiger partial charge in [-0.3, -0.25) is 19.7 Å². The van der Waals surface area contributed by atoms with Gasteiger partial charge in [0, 0.05) is 56.8 Å². The SMILES string of the molecule is O=C(CC1(CC(=O)N2CCOCC2)CCCC1)NCCNc1ccc([N+](=O)[O-])cc1. The highest BCUT2D eigenvalue weighted by atomic mass is 16.6. The smallest absolute Gasteiger partial charge is 0.269 e. The first-order valence-corrected chi connectivity index (χ1v) is 10.6. The fraction of sp³-hybridized carbons (Fsp3) is 0.619. The maximum absolute atomic E-state index is 12.7. The first-order valence-electron chi connectivity index (χ1n) is 10.6. The molecule has 1 heterocycles. The van der Waals surface area contributed by atoms with Crippen molar-refractivity contribution < 1.29 is 19.2 Å². The minimum atomic E-state index is -0.438. The van der Waals surface area contributed by atoms with Crippen molar-refractivity contribution in [3.8, 4) is 0 Å². The van der Waals surface area contributed by atoms with E-state index in [2.05, 4.69) is 10.6 Å². The number of rotatable bonds is 9. The number of non-ortho nitro benzene ring substituents is 1. The number of amides is 2. The molecule has 2 amide bonds. The van der Waals surface area contributed by atoms with E-state index in [0.717, 1.165) is 31.4 Å². The highest BCUT2D eigenvalue weighted by Gasteiger charge is 2.39. The van der Waals surface area contributed by atoms with Crippen LogP contribution in [0.15, 0.2) is 24.3 Å². The summed E-state index contributed by atoms with van der Waals surface area (Å²) in [5.41, 5.74) is 0.575. The van der Waals surface area contributed by atoms with Crippen molar-refractivity contribution >= 4 is 23.2 Å². The van der Waals surface area contributed by atoms with Gasteiger partial charge in [-0.25, -0.2) is 0 Å². The fourth-order valence-electron chi connectivity index (χ4n) is 4.30. The van der Waals surface area contributed by atoms with Gasteiger partial charge in [0.2, 0.25) is 11.8 Å². The summed E-state index contributed by atoms with van der Waals surface area (Å²) < 4.78 is 5.32. The molecule has 1 aromatic carbocycles. The molecule has 0 spiro atoms. The summed E-state index contributed by atoms with van der Waals surface area (Å²) in [5, 5.41) is 16.7. The molecular formula is C21H30N4O5. The monoisotopic (exact) mass is 418 g/mol. The van der Waals surface area contributed by atoms with E-state index in [4.69, 9.17) is 4.74 Å². The van der Waals surface area contributed by atoms with E-state index in [9.17, 15) is 19.7 Å². The average molecular weight is 418 g/mol. The van der Waals surface area contributed by atoms with E-state index in [1.807, 2.05) is 4.90 Å². The van der Waals surface area contributed by atoms with Gasteiger partial charge in [0.05, 0.1) is 18.1 Å². The molecule has 2 N–H and O–H groups in total. The number of hydrogen-bond donors (Lipinski definition) is 2. The number of nitrogens with zero attached hydrogens (tertiary/aromatic N) is 2. The van der Waals surface area contributed by atoms with Crippen LogP contribution < -0.4 is 10.6 Å². The average Bonchev–Trinajstić information content (AvgIpc) is 3.20. The van der Waals surface area contributed by atoms with Crippen LogP contribution in [0.1, 0.15) is 38.5 Å². The Morgan fingerprint density at radius 2 is 1.73 bits per heavy atom. The second kappa shape index (κ2) is 10.4. The molecule has 1 aliphatic heterocycles. The summed E-state index contributed by atoms with van der Waals surface area (Å²) in [4.78, 5) is 37.3. The first kappa shape index (κ1) is 22.0. The maximum Gasteiger partial charge on any atom is 0.269 e. The van der Waals surface area contributed by atoms with Gasteiger partial charge in [0.25, 0.3) is 5.69 Å². The van der Waals surface area contributed by atoms with Crippen molar-refractivity contribution in [2.45, 2.75) is 38.5 Å². The van der Waals surface area contributed by atoms with Crippen molar-refractivity contribution in [3.05, 3.63) is 34.4 Å². The van der Waals surface area contributed by atoms with E-state index in [-0.39, 0.29) is 22.9 Å². The van der Waals surface area contributed by atoms with Crippen LogP contribution in [-0.4, -0.2) is 61.0 Å². The van der Waals surface area contributed by atoms with Gasteiger partial charge in [0.1, 0.15) is 0 Å². The third kappa shape index (κ3) is 6.16. The van der Waals surface area contributed by atoms with Gasteiger partial charge in [-0.15, -0.1) is 0 Å². The third-order valence-electron chi connectivity index (χ3n) is 5.94. The van der Waals surface area contributed by atoms with Gasteiger partial charge >= 0.3 is 0 Å². The minimum absolute atomic E-state index is 0.0304. The normalized spacial score (nSPS) is 18.1. The van der Waals surface area contributed by atoms with Crippen molar-refractivity contribution in [1.29, 1.82) is 0 Å². The zero-order valence-corrected chi connectivity index (χ0v) is 17.2. The number of morpholine rings is 1. The second-order valence-corrected chi connectivity index (χ2v) is 8.13. The summed E-state index contributed by atoms with van der Waals surface area (Å²) in [7, 11) is 0. The summed E-state index contributed by atoms with van der Waals surface area (Å²) in [5.74, 6) is 0.102. The van der Waals surface area contributed by atoms with E-state index >= 15 is 0 Å². The maximum atomic E-state index is 12.7. The van der Waals surface area contributed by atoms with Crippen molar-refractivity contribution in [2.75, 3.05) is 44.7 Å². The molecule has 1 aromatic rings. The number of carbonyl (C=O) groups is 2. The summed E-state index contributed by atoms with van der Waals surface area (Å²) in [6.07, 6.45) is 4.76. The fourth-order valence-corrected chi connectivity index (χ4v) is 4.30. The molecule has 9 heteroatoms. The lowest BCUT2D eigenvalue weighted by Gasteiger charge is -2.33. The van der Waals surface area contributed by atoms with Crippen LogP contribution in [0, 0.1) is 15.5 Å². The molecule has 0 bridgehead atoms. The number of benzene rings is 1. The Kier molecular flexibility index (Phi) is 7.62. The van der Waals surface area contributed by atoms with E-state index in [1.165, 1.54) is 12.1 Å². The number of carbonyl (C=O) groups excluding carboxylic acids is 2. The topological polar surface area (TPSA) is 114 Å². The van der Waals surface area contributed by atoms with Gasteiger partial charge in [0.15, 0.2) is 0 Å². The molecule has 1 saturated heterocycles. The Balaban J connectivity index is 1.42. The van der Waals surface area contributed by atoms with E-state index < -0.39 is 4.92 Å². The number of hydrogen-bond acceptors (Lipinski definition) is 6. The predicted molar refractivity (Wildman–Crippen MR) is 112 cm³/mol. The van der Waals surface area contributed by atoms with Crippen LogP contribution in [0.5, 0.6) is 0 Å². The zero-order valence-electron chi connectivity index (χ0n) is 17.2. The molecule has 9 nitrogen and oxygen atoms in total. The standard InChI is InChI=1S/C21H30N4O5/c26-19(23-10-9-22-17-3-5-18(6-4-17)25(28)29)15-21(7-1-2-8-21)16-20(27)24-11-13-30-14-12-24/h3-6,22H,1-2,7-16H2,(H,23,26). The van der Waals surface area contributed by atoms with Gasteiger partial charge in [-0.2, -0.15) is 0 Å². The number of anilines is 1. The molecule has 1 aliphatic carbocycles. The minimum Gasteiger partial charge on any atom is -0.383 e. The summed E-state index contributed by atoms with van der Waals surface area (Å²) in [6, 6.07) is 6.17. The van der Waals surface area contributed by atoms with Crippen molar-refractivity contribution in [2.24, 2.45) is 5.41 Å². The second-order valence-electron chi connectivity index (χ2n) is 8.13. The summed E-state index contributed by atoms with van der Waals surface area (Å²) in [6.45, 7) is 3.40. The molecule has 1 saturated carbocycles. The van der Waals surface area contributed by atoms with Crippen LogP contribution in [0.25, 0.3) is 0 Å². The Bertz CT molecular complexity index is 740. The molecule has 0 unspecified atom stereocenters.